The second-order valence-electron chi connectivity index (χ2n) is 7.11. The highest BCUT2D eigenvalue weighted by Crippen LogP contribution is 2.36. The number of hydrogen-bond donors (Lipinski definition) is 0. The molecular formula is C18H32. The summed E-state index contributed by atoms with van der Waals surface area (Å²) in [6, 6.07) is 0. The molecule has 18 heavy (non-hydrogen) atoms. The van der Waals surface area contributed by atoms with Crippen molar-refractivity contribution in [3.8, 4) is 0 Å². The molecule has 2 rings (SSSR count). The van der Waals surface area contributed by atoms with E-state index in [1.54, 1.807) is 0 Å². The smallest absolute Gasteiger partial charge is 0.0231 e. The zero-order valence-electron chi connectivity index (χ0n) is 12.4. The number of rotatable bonds is 5. The summed E-state index contributed by atoms with van der Waals surface area (Å²) >= 11 is 0. The van der Waals surface area contributed by atoms with Crippen molar-refractivity contribution in [2.45, 2.75) is 77.6 Å². The molecule has 0 aromatic carbocycles. The van der Waals surface area contributed by atoms with Crippen molar-refractivity contribution < 1.29 is 0 Å². The third kappa shape index (κ3) is 4.44. The van der Waals surface area contributed by atoms with E-state index >= 15 is 0 Å². The Morgan fingerprint density at radius 2 is 1.61 bits per heavy atom. The van der Waals surface area contributed by atoms with Gasteiger partial charge in [-0.15, -0.1) is 6.58 Å². The van der Waals surface area contributed by atoms with Crippen LogP contribution in [0.4, 0.5) is 0 Å². The summed E-state index contributed by atoms with van der Waals surface area (Å²) in [5.41, 5.74) is 0. The van der Waals surface area contributed by atoms with Gasteiger partial charge in [0.15, 0.2) is 0 Å². The van der Waals surface area contributed by atoms with Crippen LogP contribution in [0.5, 0.6) is 0 Å². The SMILES string of the molecule is C=CC(CC1CCCCC1)CC1CCCC(C)C1. The minimum absolute atomic E-state index is 0.809. The summed E-state index contributed by atoms with van der Waals surface area (Å²) in [5.74, 6) is 3.80. The van der Waals surface area contributed by atoms with E-state index in [0.29, 0.717) is 0 Å². The van der Waals surface area contributed by atoms with Crippen molar-refractivity contribution in [3.63, 3.8) is 0 Å². The summed E-state index contributed by atoms with van der Waals surface area (Å²) in [7, 11) is 0. The second kappa shape index (κ2) is 7.36. The Labute approximate surface area is 114 Å². The highest BCUT2D eigenvalue weighted by Gasteiger charge is 2.23. The molecule has 2 fully saturated rings. The van der Waals surface area contributed by atoms with E-state index < -0.39 is 0 Å². The summed E-state index contributed by atoms with van der Waals surface area (Å²) < 4.78 is 0. The third-order valence-electron chi connectivity index (χ3n) is 5.38. The van der Waals surface area contributed by atoms with Crippen molar-refractivity contribution in [1.82, 2.24) is 0 Å². The topological polar surface area (TPSA) is 0 Å². The molecule has 0 radical (unpaired) electrons. The maximum Gasteiger partial charge on any atom is -0.0231 e. The van der Waals surface area contributed by atoms with E-state index in [4.69, 9.17) is 0 Å². The Morgan fingerprint density at radius 1 is 0.944 bits per heavy atom. The van der Waals surface area contributed by atoms with E-state index in [1.807, 2.05) is 0 Å². The van der Waals surface area contributed by atoms with E-state index in [-0.39, 0.29) is 0 Å². The molecule has 0 N–H and O–H groups in total. The molecule has 2 aliphatic rings. The van der Waals surface area contributed by atoms with Crippen LogP contribution in [0.15, 0.2) is 12.7 Å². The van der Waals surface area contributed by atoms with Gasteiger partial charge in [-0.05, 0) is 42.9 Å². The Morgan fingerprint density at radius 3 is 2.28 bits per heavy atom. The van der Waals surface area contributed by atoms with Crippen LogP contribution in [0.25, 0.3) is 0 Å². The highest BCUT2D eigenvalue weighted by molar-refractivity contribution is 4.85. The quantitative estimate of drug-likeness (QED) is 0.525. The molecule has 2 aliphatic carbocycles. The first kappa shape index (κ1) is 14.2. The standard InChI is InChI=1S/C18H32/c1-3-16(13-17-9-5-4-6-10-17)14-18-11-7-8-15(2)12-18/h3,15-18H,1,4-14H2,2H3. The van der Waals surface area contributed by atoms with Crippen LogP contribution in [-0.4, -0.2) is 0 Å². The van der Waals surface area contributed by atoms with E-state index in [9.17, 15) is 0 Å². The van der Waals surface area contributed by atoms with Crippen molar-refractivity contribution >= 4 is 0 Å². The minimum Gasteiger partial charge on any atom is -0.103 e. The normalized spacial score (nSPS) is 32.1. The first-order valence-electron chi connectivity index (χ1n) is 8.40. The molecule has 0 saturated heterocycles. The first-order chi connectivity index (χ1) is 8.78. The average Bonchev–Trinajstić information content (AvgIpc) is 2.39. The largest absolute Gasteiger partial charge is 0.103 e. The molecule has 0 aromatic heterocycles. The van der Waals surface area contributed by atoms with E-state index in [0.717, 1.165) is 23.7 Å². The zero-order valence-corrected chi connectivity index (χ0v) is 12.4. The predicted octanol–water partition coefficient (Wildman–Crippen LogP) is 5.98. The van der Waals surface area contributed by atoms with Gasteiger partial charge in [-0.1, -0.05) is 64.4 Å². The highest BCUT2D eigenvalue weighted by atomic mass is 14.3. The van der Waals surface area contributed by atoms with Crippen LogP contribution in [0.2, 0.25) is 0 Å². The van der Waals surface area contributed by atoms with Crippen LogP contribution < -0.4 is 0 Å². The molecule has 104 valence electrons. The Hall–Kier alpha value is -0.260. The van der Waals surface area contributed by atoms with Gasteiger partial charge in [-0.25, -0.2) is 0 Å². The first-order valence-corrected chi connectivity index (χ1v) is 8.40. The van der Waals surface area contributed by atoms with Gasteiger partial charge in [0.2, 0.25) is 0 Å². The van der Waals surface area contributed by atoms with Crippen molar-refractivity contribution in [2.24, 2.45) is 23.7 Å². The molecule has 0 amide bonds. The van der Waals surface area contributed by atoms with E-state index in [2.05, 4.69) is 19.6 Å². The van der Waals surface area contributed by atoms with Gasteiger partial charge < -0.3 is 0 Å². The number of hydrogen-bond acceptors (Lipinski definition) is 0. The molecule has 0 heterocycles. The lowest BCUT2D eigenvalue weighted by atomic mass is 9.75. The maximum atomic E-state index is 4.11. The van der Waals surface area contributed by atoms with Gasteiger partial charge in [0.1, 0.15) is 0 Å². The molecule has 0 bridgehead atoms. The summed E-state index contributed by atoms with van der Waals surface area (Å²) in [5, 5.41) is 0. The van der Waals surface area contributed by atoms with Crippen molar-refractivity contribution in [2.75, 3.05) is 0 Å². The zero-order chi connectivity index (χ0) is 12.8. The lowest BCUT2D eigenvalue weighted by Crippen LogP contribution is -2.18. The average molecular weight is 248 g/mol. The maximum absolute atomic E-state index is 4.11. The summed E-state index contributed by atoms with van der Waals surface area (Å²) in [6.07, 6.45) is 18.5. The van der Waals surface area contributed by atoms with Crippen LogP contribution in [0, 0.1) is 23.7 Å². The van der Waals surface area contributed by atoms with E-state index in [1.165, 1.54) is 70.6 Å². The fraction of sp³-hybridized carbons (Fsp3) is 0.889. The molecule has 0 heteroatoms. The van der Waals surface area contributed by atoms with Crippen LogP contribution in [0.1, 0.15) is 77.6 Å². The lowest BCUT2D eigenvalue weighted by Gasteiger charge is -2.31. The van der Waals surface area contributed by atoms with Crippen LogP contribution >= 0.6 is 0 Å². The summed E-state index contributed by atoms with van der Waals surface area (Å²) in [6.45, 7) is 6.55. The Bertz CT molecular complexity index is 236. The van der Waals surface area contributed by atoms with Gasteiger partial charge in [0, 0.05) is 0 Å². The molecule has 3 unspecified atom stereocenters. The second-order valence-corrected chi connectivity index (χ2v) is 7.11. The van der Waals surface area contributed by atoms with Gasteiger partial charge in [-0.2, -0.15) is 0 Å². The number of allylic oxidation sites excluding steroid dienone is 1. The molecule has 2 saturated carbocycles. The molecule has 0 aromatic rings. The van der Waals surface area contributed by atoms with Gasteiger partial charge in [-0.3, -0.25) is 0 Å². The monoisotopic (exact) mass is 248 g/mol. The minimum atomic E-state index is 0.809. The van der Waals surface area contributed by atoms with Gasteiger partial charge in [0.05, 0.1) is 0 Å². The van der Waals surface area contributed by atoms with Crippen LogP contribution in [0.3, 0.4) is 0 Å². The van der Waals surface area contributed by atoms with Crippen molar-refractivity contribution in [1.29, 1.82) is 0 Å². The fourth-order valence-corrected chi connectivity index (χ4v) is 4.34. The van der Waals surface area contributed by atoms with Crippen molar-refractivity contribution in [3.05, 3.63) is 12.7 Å². The molecule has 3 atom stereocenters. The Kier molecular flexibility index (Phi) is 5.79. The fourth-order valence-electron chi connectivity index (χ4n) is 4.34. The van der Waals surface area contributed by atoms with Gasteiger partial charge in [0.25, 0.3) is 0 Å². The molecule has 0 spiro atoms. The Balaban J connectivity index is 1.75. The van der Waals surface area contributed by atoms with Gasteiger partial charge >= 0.3 is 0 Å². The molecular weight excluding hydrogens is 216 g/mol. The summed E-state index contributed by atoms with van der Waals surface area (Å²) in [4.78, 5) is 0. The predicted molar refractivity (Wildman–Crippen MR) is 80.6 cm³/mol. The molecule has 0 aliphatic heterocycles. The molecule has 0 nitrogen and oxygen atoms in total. The lowest BCUT2D eigenvalue weighted by molar-refractivity contribution is 0.226. The third-order valence-corrected chi connectivity index (χ3v) is 5.38. The van der Waals surface area contributed by atoms with Crippen LogP contribution in [-0.2, 0) is 0 Å².